The highest BCUT2D eigenvalue weighted by Crippen LogP contribution is 2.28. The van der Waals surface area contributed by atoms with Crippen molar-refractivity contribution >= 4 is 46.2 Å². The fourth-order valence-corrected chi connectivity index (χ4v) is 2.85. The Morgan fingerprint density at radius 2 is 2.17 bits per heavy atom. The van der Waals surface area contributed by atoms with Crippen molar-refractivity contribution in [1.29, 1.82) is 0 Å². The standard InChI is InChI=1S/C16H14ClN3O3S/c1-9-3-5-13-15(18-9)20-16(23-13)24-8-14(21)19-11-7-10(17)4-6-12(11)22-2/h3-7H,8H2,1-2H3,(H,19,21). The molecule has 0 saturated heterocycles. The third kappa shape index (κ3) is 3.80. The first kappa shape index (κ1) is 16.6. The summed E-state index contributed by atoms with van der Waals surface area (Å²) in [5.74, 6) is 0.466. The molecule has 1 amide bonds. The number of rotatable bonds is 5. The third-order valence-corrected chi connectivity index (χ3v) is 4.20. The maximum atomic E-state index is 12.1. The van der Waals surface area contributed by atoms with Crippen LogP contribution in [0.15, 0.2) is 40.0 Å². The van der Waals surface area contributed by atoms with Crippen LogP contribution in [-0.4, -0.2) is 28.7 Å². The molecule has 2 aromatic heterocycles. The largest absolute Gasteiger partial charge is 0.495 e. The van der Waals surface area contributed by atoms with E-state index < -0.39 is 0 Å². The van der Waals surface area contributed by atoms with Crippen molar-refractivity contribution in [2.75, 3.05) is 18.2 Å². The van der Waals surface area contributed by atoms with Gasteiger partial charge in [-0.25, -0.2) is 4.98 Å². The Morgan fingerprint density at radius 1 is 1.33 bits per heavy atom. The summed E-state index contributed by atoms with van der Waals surface area (Å²) in [7, 11) is 1.53. The normalized spacial score (nSPS) is 10.8. The number of amides is 1. The van der Waals surface area contributed by atoms with Crippen molar-refractivity contribution in [2.45, 2.75) is 12.1 Å². The minimum absolute atomic E-state index is 0.140. The van der Waals surface area contributed by atoms with Crippen LogP contribution in [0.5, 0.6) is 5.75 Å². The smallest absolute Gasteiger partial charge is 0.258 e. The van der Waals surface area contributed by atoms with Gasteiger partial charge in [-0.1, -0.05) is 23.4 Å². The third-order valence-electron chi connectivity index (χ3n) is 3.14. The topological polar surface area (TPSA) is 77.2 Å². The van der Waals surface area contributed by atoms with Crippen LogP contribution in [0.25, 0.3) is 11.2 Å². The molecule has 1 aromatic carbocycles. The van der Waals surface area contributed by atoms with E-state index in [1.807, 2.05) is 19.1 Å². The summed E-state index contributed by atoms with van der Waals surface area (Å²) in [5.41, 5.74) is 2.51. The summed E-state index contributed by atoms with van der Waals surface area (Å²) in [6, 6.07) is 8.68. The molecule has 0 aliphatic carbocycles. The first-order valence-corrected chi connectivity index (χ1v) is 8.42. The van der Waals surface area contributed by atoms with E-state index in [0.29, 0.717) is 32.9 Å². The van der Waals surface area contributed by atoms with E-state index in [1.165, 1.54) is 18.9 Å². The number of benzene rings is 1. The lowest BCUT2D eigenvalue weighted by Gasteiger charge is -2.09. The molecule has 0 atom stereocenters. The van der Waals surface area contributed by atoms with Crippen molar-refractivity contribution in [1.82, 2.24) is 9.97 Å². The SMILES string of the molecule is COc1ccc(Cl)cc1NC(=O)CSc1nc2nc(C)ccc2o1. The molecule has 0 aliphatic heterocycles. The minimum atomic E-state index is -0.216. The highest BCUT2D eigenvalue weighted by Gasteiger charge is 2.12. The Balaban J connectivity index is 1.65. The zero-order chi connectivity index (χ0) is 17.1. The molecule has 24 heavy (non-hydrogen) atoms. The molecule has 124 valence electrons. The number of carbonyl (C=O) groups excluding carboxylic acids is 1. The summed E-state index contributed by atoms with van der Waals surface area (Å²) >= 11 is 7.14. The van der Waals surface area contributed by atoms with Gasteiger partial charge in [-0.05, 0) is 37.3 Å². The number of anilines is 1. The van der Waals surface area contributed by atoms with E-state index in [-0.39, 0.29) is 11.7 Å². The second-order valence-corrected chi connectivity index (χ2v) is 6.30. The number of ether oxygens (including phenoxy) is 1. The van der Waals surface area contributed by atoms with Crippen molar-refractivity contribution in [2.24, 2.45) is 0 Å². The zero-order valence-corrected chi connectivity index (χ0v) is 14.6. The lowest BCUT2D eigenvalue weighted by Crippen LogP contribution is -2.14. The molecule has 0 spiro atoms. The predicted molar refractivity (Wildman–Crippen MR) is 93.9 cm³/mol. The first-order valence-electron chi connectivity index (χ1n) is 7.05. The molecular formula is C16H14ClN3O3S. The van der Waals surface area contributed by atoms with Crippen LogP contribution in [0.2, 0.25) is 5.02 Å². The molecule has 0 fully saturated rings. The number of nitrogens with zero attached hydrogens (tertiary/aromatic N) is 2. The van der Waals surface area contributed by atoms with E-state index >= 15 is 0 Å². The summed E-state index contributed by atoms with van der Waals surface area (Å²) in [6.07, 6.45) is 0. The number of fused-ring (bicyclic) bond motifs is 1. The van der Waals surface area contributed by atoms with Crippen LogP contribution in [0.3, 0.4) is 0 Å². The van der Waals surface area contributed by atoms with Crippen molar-refractivity contribution in [3.05, 3.63) is 41.0 Å². The van der Waals surface area contributed by atoms with Gasteiger partial charge < -0.3 is 14.5 Å². The second kappa shape index (κ2) is 7.11. The number of carbonyl (C=O) groups is 1. The fraction of sp³-hybridized carbons (Fsp3) is 0.188. The molecule has 0 saturated carbocycles. The number of hydrogen-bond donors (Lipinski definition) is 1. The molecule has 0 aliphatic rings. The first-order chi connectivity index (χ1) is 11.5. The molecule has 0 unspecified atom stereocenters. The molecule has 2 heterocycles. The molecule has 0 bridgehead atoms. The van der Waals surface area contributed by atoms with Crippen LogP contribution in [0.1, 0.15) is 5.69 Å². The van der Waals surface area contributed by atoms with Gasteiger partial charge in [-0.15, -0.1) is 0 Å². The zero-order valence-electron chi connectivity index (χ0n) is 13.0. The molecule has 6 nitrogen and oxygen atoms in total. The summed E-state index contributed by atoms with van der Waals surface area (Å²) in [5, 5.41) is 3.67. The summed E-state index contributed by atoms with van der Waals surface area (Å²) in [4.78, 5) is 20.7. The molecule has 0 radical (unpaired) electrons. The molecule has 3 aromatic rings. The maximum Gasteiger partial charge on any atom is 0.258 e. The number of aromatic nitrogens is 2. The van der Waals surface area contributed by atoms with Gasteiger partial charge in [0.1, 0.15) is 5.75 Å². The predicted octanol–water partition coefficient (Wildman–Crippen LogP) is 3.92. The highest BCUT2D eigenvalue weighted by molar-refractivity contribution is 7.99. The summed E-state index contributed by atoms with van der Waals surface area (Å²) < 4.78 is 10.7. The van der Waals surface area contributed by atoms with Gasteiger partial charge in [0.25, 0.3) is 5.22 Å². The molecular weight excluding hydrogens is 350 g/mol. The van der Waals surface area contributed by atoms with E-state index in [4.69, 9.17) is 20.8 Å². The fourth-order valence-electron chi connectivity index (χ4n) is 2.05. The lowest BCUT2D eigenvalue weighted by molar-refractivity contribution is -0.113. The van der Waals surface area contributed by atoms with Gasteiger partial charge in [-0.2, -0.15) is 4.98 Å². The van der Waals surface area contributed by atoms with E-state index in [2.05, 4.69) is 15.3 Å². The van der Waals surface area contributed by atoms with Gasteiger partial charge in [0.2, 0.25) is 5.91 Å². The quantitative estimate of drug-likeness (QED) is 0.692. The number of nitrogens with one attached hydrogen (secondary N) is 1. The van der Waals surface area contributed by atoms with Crippen molar-refractivity contribution in [3.8, 4) is 5.75 Å². The average Bonchev–Trinajstić information content (AvgIpc) is 2.95. The minimum Gasteiger partial charge on any atom is -0.495 e. The Kier molecular flexibility index (Phi) is 4.92. The van der Waals surface area contributed by atoms with Crippen LogP contribution in [0.4, 0.5) is 5.69 Å². The highest BCUT2D eigenvalue weighted by atomic mass is 35.5. The number of hydrogen-bond acceptors (Lipinski definition) is 6. The van der Waals surface area contributed by atoms with Crippen LogP contribution in [0, 0.1) is 6.92 Å². The molecule has 3 rings (SSSR count). The number of methoxy groups -OCH3 is 1. The van der Waals surface area contributed by atoms with Gasteiger partial charge in [-0.3, -0.25) is 4.79 Å². The van der Waals surface area contributed by atoms with Gasteiger partial charge in [0.15, 0.2) is 11.2 Å². The Hall–Kier alpha value is -2.25. The number of aryl methyl sites for hydroxylation is 1. The number of halogens is 1. The van der Waals surface area contributed by atoms with Crippen LogP contribution < -0.4 is 10.1 Å². The summed E-state index contributed by atoms with van der Waals surface area (Å²) in [6.45, 7) is 1.88. The van der Waals surface area contributed by atoms with Crippen LogP contribution >= 0.6 is 23.4 Å². The Morgan fingerprint density at radius 3 is 2.96 bits per heavy atom. The monoisotopic (exact) mass is 363 g/mol. The second-order valence-electron chi connectivity index (χ2n) is 4.94. The maximum absolute atomic E-state index is 12.1. The number of pyridine rings is 1. The molecule has 8 heteroatoms. The van der Waals surface area contributed by atoms with E-state index in [1.54, 1.807) is 18.2 Å². The van der Waals surface area contributed by atoms with E-state index in [0.717, 1.165) is 5.69 Å². The van der Waals surface area contributed by atoms with Gasteiger partial charge >= 0.3 is 0 Å². The van der Waals surface area contributed by atoms with Gasteiger partial charge in [0.05, 0.1) is 18.6 Å². The number of thioether (sulfide) groups is 1. The number of oxazole rings is 1. The Bertz CT molecular complexity index is 897. The van der Waals surface area contributed by atoms with Crippen molar-refractivity contribution in [3.63, 3.8) is 0 Å². The average molecular weight is 364 g/mol. The van der Waals surface area contributed by atoms with Gasteiger partial charge in [0, 0.05) is 10.7 Å². The van der Waals surface area contributed by atoms with Crippen LogP contribution in [-0.2, 0) is 4.79 Å². The van der Waals surface area contributed by atoms with Crippen molar-refractivity contribution < 1.29 is 13.9 Å². The van der Waals surface area contributed by atoms with E-state index in [9.17, 15) is 4.79 Å². The lowest BCUT2D eigenvalue weighted by atomic mass is 10.3. The molecule has 1 N–H and O–H groups in total. The Labute approximate surface area is 147 Å².